The second kappa shape index (κ2) is 7.41. The Bertz CT molecular complexity index is 667. The van der Waals surface area contributed by atoms with E-state index in [1.807, 2.05) is 0 Å². The quantitative estimate of drug-likeness (QED) is 0.633. The van der Waals surface area contributed by atoms with Gasteiger partial charge < -0.3 is 9.15 Å². The molecule has 1 heterocycles. The van der Waals surface area contributed by atoms with Crippen LogP contribution in [-0.2, 0) is 9.53 Å². The van der Waals surface area contributed by atoms with Crippen molar-refractivity contribution in [1.82, 2.24) is 10.9 Å². The molecular formula is C14H11BrN2O5. The molecule has 8 heteroatoms. The number of nitrogens with one attached hydrogen (secondary N) is 2. The number of esters is 1. The number of carbonyl (C=O) groups excluding carboxylic acids is 3. The topological polar surface area (TPSA) is 97.6 Å². The maximum absolute atomic E-state index is 11.7. The molecule has 0 unspecified atom stereocenters. The van der Waals surface area contributed by atoms with Crippen molar-refractivity contribution in [2.75, 3.05) is 6.61 Å². The fourth-order valence-corrected chi connectivity index (χ4v) is 1.70. The number of benzene rings is 1. The molecular weight excluding hydrogens is 356 g/mol. The van der Waals surface area contributed by atoms with E-state index in [9.17, 15) is 14.4 Å². The van der Waals surface area contributed by atoms with Crippen molar-refractivity contribution < 1.29 is 23.5 Å². The first kappa shape index (κ1) is 15.8. The molecule has 0 bridgehead atoms. The van der Waals surface area contributed by atoms with Gasteiger partial charge in [-0.1, -0.05) is 15.9 Å². The van der Waals surface area contributed by atoms with E-state index in [4.69, 9.17) is 9.15 Å². The number of carbonyl (C=O) groups is 3. The first-order valence-corrected chi connectivity index (χ1v) is 6.91. The van der Waals surface area contributed by atoms with Crippen LogP contribution in [0.15, 0.2) is 51.6 Å². The number of hydrogen-bond donors (Lipinski definition) is 2. The minimum atomic E-state index is -0.676. The average Bonchev–Trinajstić information content (AvgIpc) is 3.05. The summed E-state index contributed by atoms with van der Waals surface area (Å²) in [6.07, 6.45) is 1.33. The highest BCUT2D eigenvalue weighted by atomic mass is 79.9. The number of halogens is 1. The van der Waals surface area contributed by atoms with Gasteiger partial charge in [0.1, 0.15) is 0 Å². The smallest absolute Gasteiger partial charge is 0.338 e. The van der Waals surface area contributed by atoms with Crippen LogP contribution >= 0.6 is 15.9 Å². The third-order valence-corrected chi connectivity index (χ3v) is 3.00. The van der Waals surface area contributed by atoms with Crippen LogP contribution in [0.5, 0.6) is 0 Å². The number of rotatable bonds is 4. The lowest BCUT2D eigenvalue weighted by Gasteiger charge is -2.07. The highest BCUT2D eigenvalue weighted by Gasteiger charge is 2.12. The third-order valence-electron chi connectivity index (χ3n) is 2.47. The molecule has 0 aliphatic heterocycles. The highest BCUT2D eigenvalue weighted by molar-refractivity contribution is 9.10. The Kier molecular flexibility index (Phi) is 5.31. The molecule has 0 saturated heterocycles. The SMILES string of the molecule is O=C(COC(=O)c1ccc(Br)cc1)NNC(=O)c1ccco1. The summed E-state index contributed by atoms with van der Waals surface area (Å²) < 4.78 is 10.5. The van der Waals surface area contributed by atoms with Gasteiger partial charge in [-0.25, -0.2) is 4.79 Å². The first-order valence-electron chi connectivity index (χ1n) is 6.11. The summed E-state index contributed by atoms with van der Waals surface area (Å²) in [4.78, 5) is 34.6. The molecule has 7 nitrogen and oxygen atoms in total. The number of amides is 2. The van der Waals surface area contributed by atoms with Crippen molar-refractivity contribution in [2.45, 2.75) is 0 Å². The second-order valence-electron chi connectivity index (χ2n) is 4.06. The minimum Gasteiger partial charge on any atom is -0.459 e. The molecule has 0 fully saturated rings. The third kappa shape index (κ3) is 4.45. The van der Waals surface area contributed by atoms with Gasteiger partial charge in [0.25, 0.3) is 5.91 Å². The number of furan rings is 1. The van der Waals surface area contributed by atoms with Crippen molar-refractivity contribution in [3.8, 4) is 0 Å². The van der Waals surface area contributed by atoms with E-state index in [-0.39, 0.29) is 5.76 Å². The second-order valence-corrected chi connectivity index (χ2v) is 4.98. The Morgan fingerprint density at radius 3 is 2.45 bits per heavy atom. The van der Waals surface area contributed by atoms with E-state index >= 15 is 0 Å². The van der Waals surface area contributed by atoms with Gasteiger partial charge in [0.2, 0.25) is 0 Å². The Labute approximate surface area is 133 Å². The maximum Gasteiger partial charge on any atom is 0.338 e. The van der Waals surface area contributed by atoms with Crippen LogP contribution in [0, 0.1) is 0 Å². The lowest BCUT2D eigenvalue weighted by molar-refractivity contribution is -0.125. The molecule has 0 radical (unpaired) electrons. The lowest BCUT2D eigenvalue weighted by atomic mass is 10.2. The number of hydrogen-bond acceptors (Lipinski definition) is 5. The summed E-state index contributed by atoms with van der Waals surface area (Å²) in [6.45, 7) is -0.521. The van der Waals surface area contributed by atoms with Gasteiger partial charge >= 0.3 is 11.9 Å². The largest absolute Gasteiger partial charge is 0.459 e. The molecule has 2 aromatic rings. The molecule has 2 rings (SSSR count). The molecule has 22 heavy (non-hydrogen) atoms. The van der Waals surface area contributed by atoms with Gasteiger partial charge in [-0.15, -0.1) is 0 Å². The van der Waals surface area contributed by atoms with Crippen LogP contribution in [0.25, 0.3) is 0 Å². The van der Waals surface area contributed by atoms with Crippen LogP contribution in [0.1, 0.15) is 20.9 Å². The maximum atomic E-state index is 11.7. The van der Waals surface area contributed by atoms with Crippen LogP contribution in [-0.4, -0.2) is 24.4 Å². The van der Waals surface area contributed by atoms with E-state index in [1.165, 1.54) is 18.4 Å². The molecule has 0 aliphatic rings. The highest BCUT2D eigenvalue weighted by Crippen LogP contribution is 2.11. The van der Waals surface area contributed by atoms with Gasteiger partial charge in [-0.05, 0) is 36.4 Å². The first-order chi connectivity index (χ1) is 10.6. The van der Waals surface area contributed by atoms with Crippen molar-refractivity contribution in [3.05, 3.63) is 58.5 Å². The Balaban J connectivity index is 1.74. The molecule has 114 valence electrons. The standard InChI is InChI=1S/C14H11BrN2O5/c15-10-5-3-9(4-6-10)14(20)22-8-12(18)16-17-13(19)11-2-1-7-21-11/h1-7H,8H2,(H,16,18)(H,17,19). The van der Waals surface area contributed by atoms with E-state index in [1.54, 1.807) is 24.3 Å². The lowest BCUT2D eigenvalue weighted by Crippen LogP contribution is -2.43. The van der Waals surface area contributed by atoms with E-state index < -0.39 is 24.4 Å². The molecule has 1 aromatic heterocycles. The summed E-state index contributed by atoms with van der Waals surface area (Å²) in [7, 11) is 0. The zero-order valence-corrected chi connectivity index (χ0v) is 12.8. The van der Waals surface area contributed by atoms with Crippen LogP contribution in [0.4, 0.5) is 0 Å². The Morgan fingerprint density at radius 1 is 1.09 bits per heavy atom. The van der Waals surface area contributed by atoms with Crippen LogP contribution in [0.2, 0.25) is 0 Å². The molecule has 0 atom stereocenters. The van der Waals surface area contributed by atoms with Crippen LogP contribution < -0.4 is 10.9 Å². The molecule has 0 spiro atoms. The molecule has 0 saturated carbocycles. The Hall–Kier alpha value is -2.61. The van der Waals surface area contributed by atoms with Crippen molar-refractivity contribution in [2.24, 2.45) is 0 Å². The van der Waals surface area contributed by atoms with Gasteiger partial charge in [0, 0.05) is 4.47 Å². The monoisotopic (exact) mass is 366 g/mol. The number of hydrazine groups is 1. The molecule has 2 amide bonds. The summed E-state index contributed by atoms with van der Waals surface area (Å²) in [5.41, 5.74) is 4.54. The Morgan fingerprint density at radius 2 is 1.82 bits per heavy atom. The van der Waals surface area contributed by atoms with Gasteiger partial charge in [-0.2, -0.15) is 0 Å². The van der Waals surface area contributed by atoms with E-state index in [2.05, 4.69) is 26.8 Å². The predicted octanol–water partition coefficient (Wildman–Crippen LogP) is 1.66. The zero-order chi connectivity index (χ0) is 15.9. The molecule has 0 aliphatic carbocycles. The normalized spacial score (nSPS) is 9.86. The average molecular weight is 367 g/mol. The van der Waals surface area contributed by atoms with Crippen molar-refractivity contribution >= 4 is 33.7 Å². The summed E-state index contributed by atoms with van der Waals surface area (Å²) in [5.74, 6) is -1.88. The zero-order valence-electron chi connectivity index (χ0n) is 11.2. The minimum absolute atomic E-state index is 0.0483. The fourth-order valence-electron chi connectivity index (χ4n) is 1.43. The van der Waals surface area contributed by atoms with E-state index in [0.717, 1.165) is 4.47 Å². The van der Waals surface area contributed by atoms with E-state index in [0.29, 0.717) is 5.56 Å². The summed E-state index contributed by atoms with van der Waals surface area (Å²) >= 11 is 3.24. The van der Waals surface area contributed by atoms with Gasteiger partial charge in [0.15, 0.2) is 12.4 Å². The summed E-state index contributed by atoms with van der Waals surface area (Å²) in [5, 5.41) is 0. The van der Waals surface area contributed by atoms with Crippen molar-refractivity contribution in [3.63, 3.8) is 0 Å². The van der Waals surface area contributed by atoms with Gasteiger partial charge in [-0.3, -0.25) is 20.4 Å². The van der Waals surface area contributed by atoms with Crippen molar-refractivity contribution in [1.29, 1.82) is 0 Å². The fraction of sp³-hybridized carbons (Fsp3) is 0.0714. The number of ether oxygens (including phenoxy) is 1. The van der Waals surface area contributed by atoms with Crippen LogP contribution in [0.3, 0.4) is 0 Å². The van der Waals surface area contributed by atoms with Gasteiger partial charge in [0.05, 0.1) is 11.8 Å². The summed E-state index contributed by atoms with van der Waals surface area (Å²) in [6, 6.07) is 9.46. The predicted molar refractivity (Wildman–Crippen MR) is 78.7 cm³/mol. The molecule has 2 N–H and O–H groups in total. The molecule has 1 aromatic carbocycles.